The predicted molar refractivity (Wildman–Crippen MR) is 75.4 cm³/mol. The van der Waals surface area contributed by atoms with Crippen molar-refractivity contribution >= 4 is 15.9 Å². The Balaban J connectivity index is 2.19. The second-order valence-corrected chi connectivity index (χ2v) is 5.33. The van der Waals surface area contributed by atoms with Gasteiger partial charge in [-0.3, -0.25) is 0 Å². The van der Waals surface area contributed by atoms with Crippen LogP contribution in [0, 0.1) is 17.5 Å². The Hall–Kier alpha value is -1.53. The molecular weight excluding hydrogens is 349 g/mol. The minimum atomic E-state index is -0.812. The van der Waals surface area contributed by atoms with Crippen LogP contribution in [0.3, 0.4) is 0 Å². The first-order chi connectivity index (χ1) is 9.90. The number of ether oxygens (including phenoxy) is 1. The molecule has 0 heterocycles. The molecule has 112 valence electrons. The summed E-state index contributed by atoms with van der Waals surface area (Å²) >= 11 is 2.95. The molecule has 0 saturated heterocycles. The highest BCUT2D eigenvalue weighted by atomic mass is 79.9. The summed E-state index contributed by atoms with van der Waals surface area (Å²) in [5.41, 5.74) is 0.100. The van der Waals surface area contributed by atoms with Crippen molar-refractivity contribution in [1.29, 1.82) is 0 Å². The number of aliphatic hydroxyl groups excluding tert-OH is 1. The molecule has 0 spiro atoms. The molecule has 2 nitrogen and oxygen atoms in total. The molecule has 0 aromatic heterocycles. The van der Waals surface area contributed by atoms with Crippen molar-refractivity contribution in [1.82, 2.24) is 0 Å². The number of rotatable bonds is 4. The van der Waals surface area contributed by atoms with E-state index in [1.807, 2.05) is 0 Å². The second kappa shape index (κ2) is 6.49. The zero-order valence-corrected chi connectivity index (χ0v) is 12.6. The summed E-state index contributed by atoms with van der Waals surface area (Å²) in [6.07, 6.45) is -0.812. The van der Waals surface area contributed by atoms with Crippen LogP contribution in [-0.4, -0.2) is 5.11 Å². The number of halogens is 4. The maximum absolute atomic E-state index is 13.8. The van der Waals surface area contributed by atoms with Gasteiger partial charge in [-0.1, -0.05) is 6.07 Å². The van der Waals surface area contributed by atoms with Gasteiger partial charge in [0.25, 0.3) is 0 Å². The van der Waals surface area contributed by atoms with E-state index in [1.54, 1.807) is 0 Å². The first-order valence-corrected chi connectivity index (χ1v) is 6.92. The van der Waals surface area contributed by atoms with Crippen LogP contribution in [0.1, 0.15) is 24.2 Å². The Labute approximate surface area is 128 Å². The molecule has 2 aromatic rings. The van der Waals surface area contributed by atoms with Gasteiger partial charge in [0.1, 0.15) is 18.2 Å². The lowest BCUT2D eigenvalue weighted by molar-refractivity contribution is 0.198. The second-order valence-electron chi connectivity index (χ2n) is 4.48. The fraction of sp³-hybridized carbons (Fsp3) is 0.200. The van der Waals surface area contributed by atoms with Gasteiger partial charge in [0.15, 0.2) is 11.6 Å². The molecule has 0 aliphatic rings. The quantitative estimate of drug-likeness (QED) is 0.813. The summed E-state index contributed by atoms with van der Waals surface area (Å²) in [6.45, 7) is 1.06. The fourth-order valence-corrected chi connectivity index (χ4v) is 2.12. The summed E-state index contributed by atoms with van der Waals surface area (Å²) in [6, 6.07) is 6.25. The van der Waals surface area contributed by atoms with E-state index in [4.69, 9.17) is 4.74 Å². The fourth-order valence-electron chi connectivity index (χ4n) is 1.75. The van der Waals surface area contributed by atoms with Gasteiger partial charge >= 0.3 is 0 Å². The molecule has 0 unspecified atom stereocenters. The molecule has 0 aliphatic heterocycles. The van der Waals surface area contributed by atoms with Crippen molar-refractivity contribution in [2.45, 2.75) is 19.6 Å². The largest absolute Gasteiger partial charge is 0.486 e. The van der Waals surface area contributed by atoms with E-state index in [0.717, 1.165) is 12.1 Å². The highest BCUT2D eigenvalue weighted by Gasteiger charge is 2.14. The molecule has 0 radical (unpaired) electrons. The highest BCUT2D eigenvalue weighted by molar-refractivity contribution is 9.10. The third-order valence-electron chi connectivity index (χ3n) is 2.95. The Bertz CT molecular complexity index is 660. The Morgan fingerprint density at radius 3 is 2.48 bits per heavy atom. The van der Waals surface area contributed by atoms with Crippen LogP contribution in [0.4, 0.5) is 13.2 Å². The van der Waals surface area contributed by atoms with Gasteiger partial charge in [-0.25, -0.2) is 13.2 Å². The third kappa shape index (κ3) is 3.57. The van der Waals surface area contributed by atoms with Crippen LogP contribution >= 0.6 is 15.9 Å². The molecule has 6 heteroatoms. The maximum atomic E-state index is 13.8. The van der Waals surface area contributed by atoms with Crippen molar-refractivity contribution in [3.8, 4) is 5.75 Å². The smallest absolute Gasteiger partial charge is 0.165 e. The molecule has 0 fully saturated rings. The SMILES string of the molecule is C[C@H](O)c1ccc(OCc2c(F)ccc(Br)c2F)c(F)c1. The van der Waals surface area contributed by atoms with Crippen LogP contribution in [0.5, 0.6) is 5.75 Å². The van der Waals surface area contributed by atoms with Gasteiger partial charge in [0.05, 0.1) is 16.1 Å². The average molecular weight is 361 g/mol. The monoisotopic (exact) mass is 360 g/mol. The van der Waals surface area contributed by atoms with E-state index in [2.05, 4.69) is 15.9 Å². The molecule has 21 heavy (non-hydrogen) atoms. The van der Waals surface area contributed by atoms with E-state index < -0.39 is 30.2 Å². The van der Waals surface area contributed by atoms with Crippen LogP contribution in [0.2, 0.25) is 0 Å². The van der Waals surface area contributed by atoms with Crippen LogP contribution in [0.25, 0.3) is 0 Å². The van der Waals surface area contributed by atoms with Crippen molar-refractivity contribution < 1.29 is 23.0 Å². The van der Waals surface area contributed by atoms with Crippen molar-refractivity contribution in [2.75, 3.05) is 0 Å². The van der Waals surface area contributed by atoms with E-state index >= 15 is 0 Å². The van der Waals surface area contributed by atoms with Crippen molar-refractivity contribution in [3.05, 3.63) is 63.4 Å². The summed E-state index contributed by atoms with van der Waals surface area (Å²) in [7, 11) is 0. The standard InChI is InChI=1S/C15H12BrF3O2/c1-8(20)9-2-5-14(13(18)6-9)21-7-10-12(17)4-3-11(16)15(10)19/h2-6,8,20H,7H2,1H3/t8-/m0/s1. The highest BCUT2D eigenvalue weighted by Crippen LogP contribution is 2.26. The normalized spacial score (nSPS) is 12.3. The molecule has 0 saturated carbocycles. The first kappa shape index (κ1) is 15.9. The van der Waals surface area contributed by atoms with Gasteiger partial charge in [-0.2, -0.15) is 0 Å². The predicted octanol–water partition coefficient (Wildman–Crippen LogP) is 4.50. The molecule has 0 amide bonds. The molecule has 0 aliphatic carbocycles. The lowest BCUT2D eigenvalue weighted by atomic mass is 10.1. The van der Waals surface area contributed by atoms with Crippen molar-refractivity contribution in [2.24, 2.45) is 0 Å². The number of hydrogen-bond acceptors (Lipinski definition) is 2. The van der Waals surface area contributed by atoms with Gasteiger partial charge in [-0.15, -0.1) is 0 Å². The van der Waals surface area contributed by atoms with Gasteiger partial charge < -0.3 is 9.84 Å². The van der Waals surface area contributed by atoms with E-state index in [9.17, 15) is 18.3 Å². The third-order valence-corrected chi connectivity index (χ3v) is 3.56. The zero-order chi connectivity index (χ0) is 15.6. The molecule has 2 aromatic carbocycles. The van der Waals surface area contributed by atoms with Crippen LogP contribution in [0.15, 0.2) is 34.8 Å². The van der Waals surface area contributed by atoms with Gasteiger partial charge in [0, 0.05) is 0 Å². The summed E-state index contributed by atoms with van der Waals surface area (Å²) in [5, 5.41) is 9.34. The molecular formula is C15H12BrF3O2. The topological polar surface area (TPSA) is 29.5 Å². The average Bonchev–Trinajstić information content (AvgIpc) is 2.44. The number of benzene rings is 2. The first-order valence-electron chi connectivity index (χ1n) is 6.13. The van der Waals surface area contributed by atoms with E-state index in [1.165, 1.54) is 25.1 Å². The van der Waals surface area contributed by atoms with Gasteiger partial charge in [0.2, 0.25) is 0 Å². The summed E-state index contributed by atoms with van der Waals surface area (Å²) in [4.78, 5) is 0. The molecule has 1 N–H and O–H groups in total. The van der Waals surface area contributed by atoms with Gasteiger partial charge in [-0.05, 0) is 52.7 Å². The van der Waals surface area contributed by atoms with Crippen molar-refractivity contribution in [3.63, 3.8) is 0 Å². The molecule has 0 bridgehead atoms. The Morgan fingerprint density at radius 2 is 1.86 bits per heavy atom. The molecule has 2 rings (SSSR count). The summed E-state index contributed by atoms with van der Waals surface area (Å²) < 4.78 is 46.3. The van der Waals surface area contributed by atoms with Crippen LogP contribution < -0.4 is 4.74 Å². The Morgan fingerprint density at radius 1 is 1.14 bits per heavy atom. The zero-order valence-electron chi connectivity index (χ0n) is 11.0. The van der Waals surface area contributed by atoms with E-state index in [0.29, 0.717) is 5.56 Å². The van der Waals surface area contributed by atoms with Crippen LogP contribution in [-0.2, 0) is 6.61 Å². The Kier molecular flexibility index (Phi) is 4.90. The van der Waals surface area contributed by atoms with E-state index in [-0.39, 0.29) is 15.8 Å². The molecule has 1 atom stereocenters. The number of hydrogen-bond donors (Lipinski definition) is 1. The minimum Gasteiger partial charge on any atom is -0.486 e. The minimum absolute atomic E-state index is 0.104. The summed E-state index contributed by atoms with van der Waals surface area (Å²) in [5.74, 6) is -2.39. The lowest BCUT2D eigenvalue weighted by Crippen LogP contribution is -2.04. The number of aliphatic hydroxyl groups is 1. The lowest BCUT2D eigenvalue weighted by Gasteiger charge is -2.11. The maximum Gasteiger partial charge on any atom is 0.165 e.